The molecule has 0 radical (unpaired) electrons. The lowest BCUT2D eigenvalue weighted by molar-refractivity contribution is 0.0761. The molecule has 1 aromatic carbocycles. The summed E-state index contributed by atoms with van der Waals surface area (Å²) < 4.78 is 22.3. The van der Waals surface area contributed by atoms with E-state index in [1.54, 1.807) is 18.5 Å². The number of benzene rings is 1. The van der Waals surface area contributed by atoms with Crippen LogP contribution in [0.25, 0.3) is 21.8 Å². The molecule has 2 atom stereocenters. The number of aromatic nitrogens is 4. The van der Waals surface area contributed by atoms with E-state index in [1.807, 2.05) is 24.3 Å². The van der Waals surface area contributed by atoms with Crippen LogP contribution in [-0.4, -0.2) is 54.6 Å². The average Bonchev–Trinajstić information content (AvgIpc) is 3.47. The highest BCUT2D eigenvalue weighted by molar-refractivity contribution is 7.46. The molecule has 2 aliphatic heterocycles. The molecule has 0 unspecified atom stereocenters. The predicted molar refractivity (Wildman–Crippen MR) is 113 cm³/mol. The number of amides is 1. The summed E-state index contributed by atoms with van der Waals surface area (Å²) in [5.41, 5.74) is 3.95. The zero-order valence-corrected chi connectivity index (χ0v) is 17.9. The number of pyridine rings is 1. The van der Waals surface area contributed by atoms with Crippen LogP contribution in [0, 0.1) is 6.57 Å². The lowest BCUT2D eigenvalue weighted by Crippen LogP contribution is -2.35. The molecular weight excluding hydrogens is 451 g/mol. The van der Waals surface area contributed by atoms with Crippen LogP contribution in [-0.2, 0) is 26.8 Å². The van der Waals surface area contributed by atoms with Crippen LogP contribution in [0.2, 0.25) is 0 Å². The van der Waals surface area contributed by atoms with Crippen molar-refractivity contribution in [3.05, 3.63) is 65.4 Å². The molecule has 1 saturated heterocycles. The first kappa shape index (κ1) is 21.2. The normalized spacial score (nSPS) is 19.2. The molecule has 2 aliphatic rings. The first-order chi connectivity index (χ1) is 15.8. The van der Waals surface area contributed by atoms with Gasteiger partial charge in [0, 0.05) is 11.8 Å². The second kappa shape index (κ2) is 8.06. The molecule has 13 heteroatoms. The minimum atomic E-state index is -4.66. The standard InChI is InChI=1S/C20H17N6O6P/c1-21-9-15-10-25(24-23-15)19-5-3-13(8-22-19)12-2-4-16-14(6-12)7-17-18(11-31-33(28,29)30)32-20(27)26(16)17/h2-6,8,10,17-18H,7,9,11H2,(H2,28,29,30)/t17-,18-/m0/s1. The van der Waals surface area contributed by atoms with E-state index in [9.17, 15) is 9.36 Å². The number of carbonyl (C=O) groups excluding carboxylic acids is 1. The number of ether oxygens (including phenoxy) is 1. The molecule has 4 heterocycles. The van der Waals surface area contributed by atoms with Gasteiger partial charge in [0.15, 0.2) is 11.5 Å². The number of hydrogen-bond donors (Lipinski definition) is 2. The number of nitrogens with zero attached hydrogens (tertiary/aromatic N) is 6. The van der Waals surface area contributed by atoms with E-state index in [-0.39, 0.29) is 13.2 Å². The summed E-state index contributed by atoms with van der Waals surface area (Å²) in [5.74, 6) is 0.569. The monoisotopic (exact) mass is 468 g/mol. The van der Waals surface area contributed by atoms with Crippen molar-refractivity contribution < 1.29 is 28.4 Å². The summed E-state index contributed by atoms with van der Waals surface area (Å²) in [6, 6.07) is 8.94. The lowest BCUT2D eigenvalue weighted by atomic mass is 10.0. The number of phosphoric acid groups is 1. The average molecular weight is 468 g/mol. The van der Waals surface area contributed by atoms with Crippen molar-refractivity contribution in [3.8, 4) is 16.9 Å². The Morgan fingerprint density at radius 2 is 2.09 bits per heavy atom. The van der Waals surface area contributed by atoms with E-state index in [2.05, 4.69) is 24.7 Å². The Bertz CT molecular complexity index is 1310. The number of hydrogen-bond acceptors (Lipinski definition) is 7. The van der Waals surface area contributed by atoms with Gasteiger partial charge in [-0.05, 0) is 41.8 Å². The van der Waals surface area contributed by atoms with Crippen molar-refractivity contribution in [2.24, 2.45) is 0 Å². The Hall–Kier alpha value is -3.62. The van der Waals surface area contributed by atoms with Gasteiger partial charge >= 0.3 is 13.9 Å². The van der Waals surface area contributed by atoms with Crippen LogP contribution < -0.4 is 4.90 Å². The Morgan fingerprint density at radius 1 is 1.27 bits per heavy atom. The van der Waals surface area contributed by atoms with Gasteiger partial charge in [-0.3, -0.25) is 9.42 Å². The molecular formula is C20H17N6O6P. The van der Waals surface area contributed by atoms with E-state index in [0.717, 1.165) is 16.7 Å². The molecule has 0 aliphatic carbocycles. The van der Waals surface area contributed by atoms with Gasteiger partial charge in [-0.25, -0.2) is 25.6 Å². The SMILES string of the molecule is [C-]#[N+]Cc1cn(-c2ccc(-c3ccc4c(c3)C[C@H]3[C@H](COP(=O)(O)O)OC(=O)N43)cn2)nn1. The number of rotatable bonds is 6. The van der Waals surface area contributed by atoms with E-state index in [0.29, 0.717) is 23.6 Å². The molecule has 3 aromatic rings. The highest BCUT2D eigenvalue weighted by atomic mass is 31.2. The molecule has 1 fully saturated rings. The van der Waals surface area contributed by atoms with Crippen LogP contribution in [0.15, 0.2) is 42.7 Å². The highest BCUT2D eigenvalue weighted by Gasteiger charge is 2.48. The molecule has 0 bridgehead atoms. The topological polar surface area (TPSA) is 144 Å². The Kier molecular flexibility index (Phi) is 5.19. The molecule has 2 N–H and O–H groups in total. The number of anilines is 1. The van der Waals surface area contributed by atoms with Gasteiger partial charge in [-0.2, -0.15) is 0 Å². The Labute approximate surface area is 187 Å². The maximum absolute atomic E-state index is 12.3. The quantitative estimate of drug-likeness (QED) is 0.410. The molecule has 2 aromatic heterocycles. The maximum atomic E-state index is 12.3. The van der Waals surface area contributed by atoms with Gasteiger partial charge < -0.3 is 19.4 Å². The van der Waals surface area contributed by atoms with Gasteiger partial charge in [0.05, 0.1) is 24.5 Å². The molecule has 5 rings (SSSR count). The zero-order chi connectivity index (χ0) is 23.2. The number of cyclic esters (lactones) is 1. The summed E-state index contributed by atoms with van der Waals surface area (Å²) in [7, 11) is -4.66. The Morgan fingerprint density at radius 3 is 2.82 bits per heavy atom. The van der Waals surface area contributed by atoms with Crippen molar-refractivity contribution in [2.75, 3.05) is 11.5 Å². The predicted octanol–water partition coefficient (Wildman–Crippen LogP) is 2.11. The fourth-order valence-corrected chi connectivity index (χ4v) is 4.37. The minimum Gasteiger partial charge on any atom is -0.441 e. The van der Waals surface area contributed by atoms with Crippen LogP contribution in [0.3, 0.4) is 0 Å². The molecule has 1 amide bonds. The number of carbonyl (C=O) groups is 1. The van der Waals surface area contributed by atoms with Crippen molar-refractivity contribution in [1.29, 1.82) is 0 Å². The second-order valence-electron chi connectivity index (χ2n) is 7.57. The van der Waals surface area contributed by atoms with Crippen LogP contribution in [0.5, 0.6) is 0 Å². The summed E-state index contributed by atoms with van der Waals surface area (Å²) in [4.78, 5) is 39.4. The van der Waals surface area contributed by atoms with Gasteiger partial charge in [-0.1, -0.05) is 11.3 Å². The zero-order valence-electron chi connectivity index (χ0n) is 17.0. The highest BCUT2D eigenvalue weighted by Crippen LogP contribution is 2.42. The first-order valence-corrected chi connectivity index (χ1v) is 11.4. The largest absolute Gasteiger partial charge is 0.469 e. The third-order valence-corrected chi connectivity index (χ3v) is 5.97. The van der Waals surface area contributed by atoms with E-state index < -0.39 is 26.1 Å². The van der Waals surface area contributed by atoms with Gasteiger partial charge in [0.25, 0.3) is 6.54 Å². The van der Waals surface area contributed by atoms with Crippen LogP contribution in [0.4, 0.5) is 10.5 Å². The van der Waals surface area contributed by atoms with Gasteiger partial charge in [0.2, 0.25) is 0 Å². The fourth-order valence-electron chi connectivity index (χ4n) is 4.03. The van der Waals surface area contributed by atoms with Crippen LogP contribution in [0.1, 0.15) is 11.3 Å². The molecule has 0 spiro atoms. The number of phosphoric ester groups is 1. The summed E-state index contributed by atoms with van der Waals surface area (Å²) >= 11 is 0. The summed E-state index contributed by atoms with van der Waals surface area (Å²) in [6.07, 6.45) is 2.49. The first-order valence-electron chi connectivity index (χ1n) is 9.86. The van der Waals surface area contributed by atoms with Crippen molar-refractivity contribution in [3.63, 3.8) is 0 Å². The fraction of sp³-hybridized carbons (Fsp3) is 0.250. The molecule has 12 nitrogen and oxygen atoms in total. The smallest absolute Gasteiger partial charge is 0.441 e. The summed E-state index contributed by atoms with van der Waals surface area (Å²) in [6.45, 7) is 6.68. The van der Waals surface area contributed by atoms with E-state index in [4.69, 9.17) is 21.1 Å². The second-order valence-corrected chi connectivity index (χ2v) is 8.81. The van der Waals surface area contributed by atoms with Crippen molar-refractivity contribution >= 4 is 19.6 Å². The lowest BCUT2D eigenvalue weighted by Gasteiger charge is -2.16. The third-order valence-electron chi connectivity index (χ3n) is 5.48. The maximum Gasteiger partial charge on any atom is 0.469 e. The third kappa shape index (κ3) is 4.10. The summed E-state index contributed by atoms with van der Waals surface area (Å²) in [5, 5.41) is 7.92. The van der Waals surface area contributed by atoms with Gasteiger partial charge in [-0.15, -0.1) is 5.10 Å². The van der Waals surface area contributed by atoms with Crippen LogP contribution >= 0.6 is 7.82 Å². The van der Waals surface area contributed by atoms with Crippen molar-refractivity contribution in [2.45, 2.75) is 25.1 Å². The van der Waals surface area contributed by atoms with Crippen molar-refractivity contribution in [1.82, 2.24) is 20.0 Å². The van der Waals surface area contributed by atoms with E-state index in [1.165, 1.54) is 9.58 Å². The van der Waals surface area contributed by atoms with Gasteiger partial charge in [0.1, 0.15) is 6.10 Å². The molecule has 0 saturated carbocycles. The number of fused-ring (bicyclic) bond motifs is 3. The molecule has 33 heavy (non-hydrogen) atoms. The van der Waals surface area contributed by atoms with E-state index >= 15 is 0 Å². The Balaban J connectivity index is 1.35. The molecule has 168 valence electrons. The minimum absolute atomic E-state index is 0.158.